The highest BCUT2D eigenvalue weighted by molar-refractivity contribution is 8.77. The zero-order chi connectivity index (χ0) is 27.7. The third-order valence-electron chi connectivity index (χ3n) is 7.57. The van der Waals surface area contributed by atoms with Gasteiger partial charge in [0.05, 0.1) is 6.04 Å². The van der Waals surface area contributed by atoms with E-state index in [4.69, 9.17) is 9.47 Å². The Kier molecular flexibility index (Phi) is 16.3. The fraction of sp³-hybridized carbons (Fsp3) is 0.852. The van der Waals surface area contributed by atoms with Crippen LogP contribution < -0.4 is 0 Å². The number of carbonyl (C=O) groups is 4. The molecule has 0 N–H and O–H groups in total. The molecule has 4 rings (SSSR count). The maximum Gasteiger partial charge on any atom is 0.295 e. The average molecular weight is 621 g/mol. The smallest absolute Gasteiger partial charge is 0.295 e. The molecule has 222 valence electrons. The van der Waals surface area contributed by atoms with Gasteiger partial charge in [-0.25, -0.2) is 0 Å². The molecule has 4 aliphatic rings. The fourth-order valence-electron chi connectivity index (χ4n) is 5.43. The zero-order valence-corrected chi connectivity index (χ0v) is 26.1. The van der Waals surface area contributed by atoms with Gasteiger partial charge >= 0.3 is 0 Å². The molecular weight excluding hydrogens is 577 g/mol. The van der Waals surface area contributed by atoms with Crippen LogP contribution >= 0.6 is 43.2 Å². The van der Waals surface area contributed by atoms with Crippen LogP contribution in [0.15, 0.2) is 0 Å². The Bertz CT molecular complexity index is 752. The molecule has 0 aromatic rings. The summed E-state index contributed by atoms with van der Waals surface area (Å²) in [4.78, 5) is 48.5. The third kappa shape index (κ3) is 12.0. The van der Waals surface area contributed by atoms with E-state index in [1.807, 2.05) is 48.1 Å². The highest BCUT2D eigenvalue weighted by atomic mass is 33.1. The third-order valence-corrected chi connectivity index (χ3v) is 13.6. The number of carbonyl (C=O) groups excluding carboxylic acids is 4. The summed E-state index contributed by atoms with van der Waals surface area (Å²) in [5.41, 5.74) is 0. The second-order valence-electron chi connectivity index (χ2n) is 10.4. The summed E-state index contributed by atoms with van der Waals surface area (Å²) in [6.07, 6.45) is 13.9. The highest BCUT2D eigenvalue weighted by Gasteiger charge is 2.30. The summed E-state index contributed by atoms with van der Waals surface area (Å²) in [5, 5.41) is 1.59. The normalized spacial score (nSPS) is 26.3. The van der Waals surface area contributed by atoms with Crippen molar-refractivity contribution < 1.29 is 28.7 Å². The molecule has 0 radical (unpaired) electrons. The molecule has 4 aliphatic heterocycles. The molecular formula is C27H44N2O6S4. The van der Waals surface area contributed by atoms with Crippen LogP contribution in [0.1, 0.15) is 89.9 Å². The molecule has 4 fully saturated rings. The van der Waals surface area contributed by atoms with Gasteiger partial charge in [0.25, 0.3) is 12.9 Å². The molecule has 4 heterocycles. The zero-order valence-electron chi connectivity index (χ0n) is 22.9. The Hall–Kier alpha value is -0.720. The molecule has 4 atom stereocenters. The van der Waals surface area contributed by atoms with Crippen molar-refractivity contribution in [3.63, 3.8) is 0 Å². The van der Waals surface area contributed by atoms with Gasteiger partial charge in [-0.3, -0.25) is 19.2 Å². The summed E-state index contributed by atoms with van der Waals surface area (Å²) in [6, 6.07) is 0.106. The summed E-state index contributed by atoms with van der Waals surface area (Å²) < 4.78 is 9.75. The molecule has 0 spiro atoms. The molecule has 0 aromatic carbocycles. The van der Waals surface area contributed by atoms with Crippen molar-refractivity contribution >= 4 is 67.9 Å². The molecule has 0 aliphatic carbocycles. The number of hydrogen-bond acceptors (Lipinski definition) is 10. The van der Waals surface area contributed by atoms with Crippen molar-refractivity contribution in [2.45, 2.75) is 113 Å². The van der Waals surface area contributed by atoms with E-state index in [2.05, 4.69) is 0 Å². The van der Waals surface area contributed by atoms with Crippen LogP contribution in [0.3, 0.4) is 0 Å². The predicted octanol–water partition coefficient (Wildman–Crippen LogP) is 5.69. The van der Waals surface area contributed by atoms with Gasteiger partial charge in [0, 0.05) is 54.4 Å². The van der Waals surface area contributed by atoms with Gasteiger partial charge in [-0.05, 0) is 57.8 Å². The van der Waals surface area contributed by atoms with Crippen molar-refractivity contribution in [3.05, 3.63) is 0 Å². The van der Waals surface area contributed by atoms with E-state index in [-0.39, 0.29) is 24.1 Å². The quantitative estimate of drug-likeness (QED) is 0.129. The van der Waals surface area contributed by atoms with Gasteiger partial charge in [0.1, 0.15) is 6.61 Å². The Morgan fingerprint density at radius 3 is 1.90 bits per heavy atom. The first kappa shape index (κ1) is 32.8. The molecule has 4 saturated heterocycles. The summed E-state index contributed by atoms with van der Waals surface area (Å²) >= 11 is 0. The van der Waals surface area contributed by atoms with E-state index in [9.17, 15) is 19.2 Å². The van der Waals surface area contributed by atoms with E-state index in [0.717, 1.165) is 75.0 Å². The summed E-state index contributed by atoms with van der Waals surface area (Å²) in [5.74, 6) is 2.92. The second kappa shape index (κ2) is 19.4. The predicted molar refractivity (Wildman–Crippen MR) is 162 cm³/mol. The average Bonchev–Trinajstić information content (AvgIpc) is 3.76. The lowest BCUT2D eigenvalue weighted by Crippen LogP contribution is -2.38. The molecule has 0 bridgehead atoms. The minimum absolute atomic E-state index is 0.106. The number of unbranched alkanes of at least 4 members (excludes halogenated alkanes) is 2. The molecule has 8 nitrogen and oxygen atoms in total. The van der Waals surface area contributed by atoms with Crippen molar-refractivity contribution in [2.24, 2.45) is 0 Å². The monoisotopic (exact) mass is 620 g/mol. The maximum absolute atomic E-state index is 12.2. The Balaban J connectivity index is 0.000000216. The Morgan fingerprint density at radius 1 is 0.744 bits per heavy atom. The molecule has 0 aromatic heterocycles. The van der Waals surface area contributed by atoms with Gasteiger partial charge < -0.3 is 19.3 Å². The van der Waals surface area contributed by atoms with Gasteiger partial charge in [-0.1, -0.05) is 56.0 Å². The first-order valence-corrected chi connectivity index (χ1v) is 19.2. The Labute approximate surface area is 249 Å². The van der Waals surface area contributed by atoms with Crippen LogP contribution in [0.5, 0.6) is 0 Å². The number of likely N-dealkylation sites (tertiary alicyclic amines) is 2. The standard InChI is InChI=1S/C14H23NO3S2.C13H21NO3S2/c16-11-18-10-12-4-3-8-15(12)14(17)6-2-1-5-13-7-9-19-20-13;15-10-17-13-6-3-8-14(13)12(16)5-2-1-4-11-7-9-18-19-11/h11-13H,1-10H2;10-11,13H,1-9H2/t12-,13?;11?,13-/m01/s1. The minimum atomic E-state index is -0.313. The van der Waals surface area contributed by atoms with Gasteiger partial charge in [-0.15, -0.1) is 0 Å². The SMILES string of the molecule is O=COC[C@@H]1CCCN1C(=O)CCCCC1CCSS1.O=CO[C@@H]1CCCN1C(=O)CCCCC1CCSS1. The van der Waals surface area contributed by atoms with Crippen LogP contribution in [0.25, 0.3) is 0 Å². The Morgan fingerprint density at radius 2 is 1.33 bits per heavy atom. The molecule has 12 heteroatoms. The first-order chi connectivity index (χ1) is 19.1. The van der Waals surface area contributed by atoms with Crippen LogP contribution in [-0.2, 0) is 28.7 Å². The van der Waals surface area contributed by atoms with Crippen LogP contribution in [0, 0.1) is 0 Å². The van der Waals surface area contributed by atoms with Crippen molar-refractivity contribution in [1.29, 1.82) is 0 Å². The number of ether oxygens (including phenoxy) is 2. The van der Waals surface area contributed by atoms with Crippen molar-refractivity contribution in [2.75, 3.05) is 31.2 Å². The second-order valence-corrected chi connectivity index (χ2v) is 16.0. The van der Waals surface area contributed by atoms with Crippen LogP contribution in [0.2, 0.25) is 0 Å². The number of amides is 2. The molecule has 0 saturated carbocycles. The summed E-state index contributed by atoms with van der Waals surface area (Å²) in [7, 11) is 7.94. The minimum Gasteiger partial charge on any atom is -0.466 e. The van der Waals surface area contributed by atoms with E-state index in [1.165, 1.54) is 37.2 Å². The summed E-state index contributed by atoms with van der Waals surface area (Å²) in [6.45, 7) is 2.82. The number of nitrogens with zero attached hydrogens (tertiary/aromatic N) is 2. The fourth-order valence-corrected chi connectivity index (χ4v) is 11.5. The van der Waals surface area contributed by atoms with E-state index >= 15 is 0 Å². The topological polar surface area (TPSA) is 93.2 Å². The first-order valence-electron chi connectivity index (χ1n) is 14.4. The lowest BCUT2D eigenvalue weighted by Gasteiger charge is -2.23. The highest BCUT2D eigenvalue weighted by Crippen LogP contribution is 2.40. The van der Waals surface area contributed by atoms with E-state index < -0.39 is 0 Å². The van der Waals surface area contributed by atoms with Gasteiger partial charge in [0.15, 0.2) is 6.23 Å². The largest absolute Gasteiger partial charge is 0.466 e. The molecule has 39 heavy (non-hydrogen) atoms. The maximum atomic E-state index is 12.2. The van der Waals surface area contributed by atoms with Gasteiger partial charge in [-0.2, -0.15) is 0 Å². The van der Waals surface area contributed by atoms with Crippen LogP contribution in [0.4, 0.5) is 0 Å². The van der Waals surface area contributed by atoms with Crippen molar-refractivity contribution in [3.8, 4) is 0 Å². The molecule has 2 unspecified atom stereocenters. The number of hydrogen-bond donors (Lipinski definition) is 0. The number of rotatable bonds is 15. The van der Waals surface area contributed by atoms with E-state index in [0.29, 0.717) is 32.4 Å². The lowest BCUT2D eigenvalue weighted by molar-refractivity contribution is -0.150. The van der Waals surface area contributed by atoms with Crippen LogP contribution in [-0.4, -0.2) is 88.5 Å². The van der Waals surface area contributed by atoms with E-state index in [1.54, 1.807) is 4.90 Å². The lowest BCUT2D eigenvalue weighted by atomic mass is 10.1. The van der Waals surface area contributed by atoms with Crippen molar-refractivity contribution in [1.82, 2.24) is 9.80 Å². The van der Waals surface area contributed by atoms with Gasteiger partial charge in [0.2, 0.25) is 11.8 Å². The molecule has 2 amide bonds.